The summed E-state index contributed by atoms with van der Waals surface area (Å²) in [7, 11) is 0. The first-order valence-electron chi connectivity index (χ1n) is 4.10. The molecule has 1 atom stereocenters. The van der Waals surface area contributed by atoms with Crippen molar-refractivity contribution in [2.45, 2.75) is 40.0 Å². The summed E-state index contributed by atoms with van der Waals surface area (Å²) in [5.74, 6) is 0.851. The van der Waals surface area contributed by atoms with E-state index >= 15 is 0 Å². The minimum atomic E-state index is 0.259. The van der Waals surface area contributed by atoms with Crippen molar-refractivity contribution in [1.29, 1.82) is 0 Å². The fraction of sp³-hybridized carbons (Fsp3) is 0.889. The first-order valence-corrected chi connectivity index (χ1v) is 4.10. The lowest BCUT2D eigenvalue weighted by molar-refractivity contribution is -0.134. The van der Waals surface area contributed by atoms with Crippen LogP contribution in [0.1, 0.15) is 40.0 Å². The van der Waals surface area contributed by atoms with Gasteiger partial charge in [-0.3, -0.25) is 4.79 Å². The maximum Gasteiger partial charge on any atom is 0.136 e. The minimum absolute atomic E-state index is 0.259. The predicted molar refractivity (Wildman–Crippen MR) is 41.8 cm³/mol. The highest BCUT2D eigenvalue weighted by Gasteiger charge is 2.39. The zero-order chi connectivity index (χ0) is 7.78. The lowest BCUT2D eigenvalue weighted by atomic mass is 9.65. The average molecular weight is 140 g/mol. The van der Waals surface area contributed by atoms with E-state index in [9.17, 15) is 4.79 Å². The fourth-order valence-electron chi connectivity index (χ4n) is 1.48. The maximum atomic E-state index is 11.0. The second-order valence-electron chi connectivity index (χ2n) is 3.90. The van der Waals surface area contributed by atoms with Gasteiger partial charge in [-0.25, -0.2) is 0 Å². The number of ketones is 1. The van der Waals surface area contributed by atoms with Crippen molar-refractivity contribution in [2.24, 2.45) is 11.3 Å². The zero-order valence-corrected chi connectivity index (χ0v) is 7.11. The molecule has 0 spiro atoms. The highest BCUT2D eigenvalue weighted by atomic mass is 16.1. The van der Waals surface area contributed by atoms with E-state index < -0.39 is 0 Å². The Bertz CT molecular complexity index is 147. The van der Waals surface area contributed by atoms with Crippen molar-refractivity contribution in [1.82, 2.24) is 0 Å². The summed E-state index contributed by atoms with van der Waals surface area (Å²) in [4.78, 5) is 11.0. The largest absolute Gasteiger partial charge is 0.299 e. The van der Waals surface area contributed by atoms with Crippen LogP contribution in [0.4, 0.5) is 0 Å². The molecule has 0 aromatic rings. The highest BCUT2D eigenvalue weighted by Crippen LogP contribution is 2.40. The van der Waals surface area contributed by atoms with Crippen LogP contribution in [0, 0.1) is 11.3 Å². The molecule has 0 aliphatic heterocycles. The number of carbonyl (C=O) groups excluding carboxylic acids is 1. The van der Waals surface area contributed by atoms with Gasteiger partial charge in [0, 0.05) is 12.3 Å². The molecule has 0 heterocycles. The molecule has 0 N–H and O–H groups in total. The zero-order valence-electron chi connectivity index (χ0n) is 7.11. The first kappa shape index (κ1) is 7.77. The normalized spacial score (nSPS) is 26.3. The van der Waals surface area contributed by atoms with E-state index in [0.717, 1.165) is 19.3 Å². The van der Waals surface area contributed by atoms with E-state index in [-0.39, 0.29) is 5.41 Å². The lowest BCUT2D eigenvalue weighted by Gasteiger charge is -2.38. The van der Waals surface area contributed by atoms with Crippen LogP contribution in [0.15, 0.2) is 0 Å². The molecule has 0 saturated heterocycles. The summed E-state index contributed by atoms with van der Waals surface area (Å²) in [5.41, 5.74) is 0.259. The summed E-state index contributed by atoms with van der Waals surface area (Å²) in [6.07, 6.45) is 3.07. The van der Waals surface area contributed by atoms with Crippen LogP contribution in [-0.2, 0) is 4.79 Å². The molecule has 0 radical (unpaired) electrons. The minimum Gasteiger partial charge on any atom is -0.299 e. The molecule has 0 amide bonds. The molecule has 0 bridgehead atoms. The van der Waals surface area contributed by atoms with Gasteiger partial charge in [0.05, 0.1) is 0 Å². The molecule has 1 heteroatoms. The Balaban J connectivity index is 2.55. The molecule has 1 aliphatic rings. The third-order valence-corrected chi connectivity index (χ3v) is 2.92. The van der Waals surface area contributed by atoms with Gasteiger partial charge in [0.15, 0.2) is 0 Å². The summed E-state index contributed by atoms with van der Waals surface area (Å²) in [6, 6.07) is 0. The van der Waals surface area contributed by atoms with Gasteiger partial charge in [-0.15, -0.1) is 0 Å². The monoisotopic (exact) mass is 140 g/mol. The molecule has 10 heavy (non-hydrogen) atoms. The van der Waals surface area contributed by atoms with Crippen LogP contribution in [0.2, 0.25) is 0 Å². The Hall–Kier alpha value is -0.330. The molecule has 0 aromatic carbocycles. The molecule has 1 aliphatic carbocycles. The second-order valence-corrected chi connectivity index (χ2v) is 3.90. The second kappa shape index (κ2) is 2.37. The molecule has 1 nitrogen and oxygen atoms in total. The van der Waals surface area contributed by atoms with E-state index in [2.05, 4.69) is 20.8 Å². The maximum absolute atomic E-state index is 11.0. The Morgan fingerprint density at radius 1 is 1.60 bits per heavy atom. The van der Waals surface area contributed by atoms with Gasteiger partial charge >= 0.3 is 0 Å². The fourth-order valence-corrected chi connectivity index (χ4v) is 1.48. The summed E-state index contributed by atoms with van der Waals surface area (Å²) in [5, 5.41) is 0. The standard InChI is InChI=1S/C9H16O/c1-4-9(2,3)7-5-6-8(7)10/h7H,4-6H2,1-3H3. The molecule has 58 valence electrons. The van der Waals surface area contributed by atoms with Crippen molar-refractivity contribution >= 4 is 5.78 Å². The van der Waals surface area contributed by atoms with Gasteiger partial charge in [-0.05, 0) is 11.8 Å². The van der Waals surface area contributed by atoms with Crippen LogP contribution < -0.4 is 0 Å². The van der Waals surface area contributed by atoms with Crippen LogP contribution in [0.5, 0.6) is 0 Å². The topological polar surface area (TPSA) is 17.1 Å². The van der Waals surface area contributed by atoms with Gasteiger partial charge in [-0.2, -0.15) is 0 Å². The number of hydrogen-bond acceptors (Lipinski definition) is 1. The van der Waals surface area contributed by atoms with Crippen LogP contribution >= 0.6 is 0 Å². The predicted octanol–water partition coefficient (Wildman–Crippen LogP) is 2.40. The Morgan fingerprint density at radius 2 is 2.20 bits per heavy atom. The average Bonchev–Trinajstić information content (AvgIpc) is 1.84. The Morgan fingerprint density at radius 3 is 2.30 bits per heavy atom. The number of carbonyl (C=O) groups is 1. The van der Waals surface area contributed by atoms with Gasteiger partial charge in [0.1, 0.15) is 5.78 Å². The molecule has 1 unspecified atom stereocenters. The van der Waals surface area contributed by atoms with Crippen LogP contribution in [-0.4, -0.2) is 5.78 Å². The number of hydrogen-bond donors (Lipinski definition) is 0. The van der Waals surface area contributed by atoms with Crippen LogP contribution in [0.3, 0.4) is 0 Å². The van der Waals surface area contributed by atoms with Crippen molar-refractivity contribution in [2.75, 3.05) is 0 Å². The summed E-state index contributed by atoms with van der Waals surface area (Å²) >= 11 is 0. The van der Waals surface area contributed by atoms with Crippen molar-refractivity contribution < 1.29 is 4.79 Å². The molecular weight excluding hydrogens is 124 g/mol. The third-order valence-electron chi connectivity index (χ3n) is 2.92. The lowest BCUT2D eigenvalue weighted by Crippen LogP contribution is -2.37. The smallest absolute Gasteiger partial charge is 0.136 e. The van der Waals surface area contributed by atoms with Crippen molar-refractivity contribution in [3.05, 3.63) is 0 Å². The Kier molecular flexibility index (Phi) is 1.84. The third kappa shape index (κ3) is 1.09. The highest BCUT2D eigenvalue weighted by molar-refractivity contribution is 5.87. The van der Waals surface area contributed by atoms with E-state index in [1.54, 1.807) is 0 Å². The van der Waals surface area contributed by atoms with Gasteiger partial charge in [-0.1, -0.05) is 27.2 Å². The van der Waals surface area contributed by atoms with Crippen LogP contribution in [0.25, 0.3) is 0 Å². The number of Topliss-reactive ketones (excluding diaryl/α,β-unsaturated/α-hetero) is 1. The number of rotatable bonds is 2. The Labute approximate surface area is 62.8 Å². The van der Waals surface area contributed by atoms with Crippen molar-refractivity contribution in [3.63, 3.8) is 0 Å². The van der Waals surface area contributed by atoms with Gasteiger partial charge in [0.2, 0.25) is 0 Å². The van der Waals surface area contributed by atoms with E-state index in [0.29, 0.717) is 11.7 Å². The van der Waals surface area contributed by atoms with Gasteiger partial charge in [0.25, 0.3) is 0 Å². The van der Waals surface area contributed by atoms with Gasteiger partial charge < -0.3 is 0 Å². The summed E-state index contributed by atoms with van der Waals surface area (Å²) < 4.78 is 0. The molecular formula is C9H16O. The SMILES string of the molecule is CCC(C)(C)C1CCC1=O. The molecule has 1 saturated carbocycles. The van der Waals surface area contributed by atoms with E-state index in [4.69, 9.17) is 0 Å². The summed E-state index contributed by atoms with van der Waals surface area (Å²) in [6.45, 7) is 6.54. The van der Waals surface area contributed by atoms with Crippen molar-refractivity contribution in [3.8, 4) is 0 Å². The first-order chi connectivity index (χ1) is 4.58. The van der Waals surface area contributed by atoms with E-state index in [1.807, 2.05) is 0 Å². The quantitative estimate of drug-likeness (QED) is 0.575. The van der Waals surface area contributed by atoms with E-state index in [1.165, 1.54) is 0 Å². The molecule has 1 rings (SSSR count). The molecule has 0 aromatic heterocycles. The molecule has 1 fully saturated rings.